The molecule has 1 fully saturated rings. The summed E-state index contributed by atoms with van der Waals surface area (Å²) in [5.74, 6) is 0.375. The zero-order valence-corrected chi connectivity index (χ0v) is 11.4. The van der Waals surface area contributed by atoms with Gasteiger partial charge in [-0.25, -0.2) is 14.8 Å². The van der Waals surface area contributed by atoms with Crippen LogP contribution in [0.3, 0.4) is 0 Å². The van der Waals surface area contributed by atoms with Crippen molar-refractivity contribution in [2.24, 2.45) is 0 Å². The molecule has 0 aliphatic heterocycles. The number of carbonyl (C=O) groups is 1. The summed E-state index contributed by atoms with van der Waals surface area (Å²) in [7, 11) is 0. The topological polar surface area (TPSA) is 78.9 Å². The second kappa shape index (κ2) is 5.61. The minimum absolute atomic E-state index is 0.250. The molecule has 0 saturated heterocycles. The number of carboxylic acids is 1. The lowest BCUT2D eigenvalue weighted by Gasteiger charge is -2.17. The predicted molar refractivity (Wildman–Crippen MR) is 75.9 cm³/mol. The van der Waals surface area contributed by atoms with Gasteiger partial charge in [0, 0.05) is 12.1 Å². The molecule has 20 heavy (non-hydrogen) atoms. The summed E-state index contributed by atoms with van der Waals surface area (Å²) >= 11 is 0. The highest BCUT2D eigenvalue weighted by Crippen LogP contribution is 2.30. The number of aromatic nitrogens is 3. The Morgan fingerprint density at radius 1 is 1.20 bits per heavy atom. The number of hydrogen-bond donors (Lipinski definition) is 2. The first-order chi connectivity index (χ1) is 9.75. The number of aromatic amines is 1. The van der Waals surface area contributed by atoms with Gasteiger partial charge >= 0.3 is 5.97 Å². The molecule has 0 radical (unpaired) electrons. The van der Waals surface area contributed by atoms with Gasteiger partial charge in [-0.05, 0) is 18.9 Å². The van der Waals surface area contributed by atoms with Gasteiger partial charge in [0.05, 0.1) is 11.1 Å². The molecule has 3 rings (SSSR count). The summed E-state index contributed by atoms with van der Waals surface area (Å²) < 4.78 is 0. The lowest BCUT2D eigenvalue weighted by atomic mass is 9.91. The maximum absolute atomic E-state index is 11.2. The van der Waals surface area contributed by atoms with E-state index >= 15 is 0 Å². The van der Waals surface area contributed by atoms with Gasteiger partial charge in [0.1, 0.15) is 5.82 Å². The van der Waals surface area contributed by atoms with E-state index in [4.69, 9.17) is 0 Å². The monoisotopic (exact) mass is 273 g/mol. The molecule has 2 heterocycles. The number of H-pyrrole nitrogens is 1. The number of hydrogen-bond acceptors (Lipinski definition) is 3. The molecular formula is C15H19N3O2. The minimum atomic E-state index is -0.940. The van der Waals surface area contributed by atoms with Gasteiger partial charge in [-0.1, -0.05) is 32.1 Å². The molecule has 106 valence electrons. The van der Waals surface area contributed by atoms with Crippen molar-refractivity contribution in [2.75, 3.05) is 0 Å². The van der Waals surface area contributed by atoms with E-state index < -0.39 is 5.97 Å². The van der Waals surface area contributed by atoms with Gasteiger partial charge in [-0.15, -0.1) is 0 Å². The summed E-state index contributed by atoms with van der Waals surface area (Å²) in [5.41, 5.74) is 1.32. The minimum Gasteiger partial charge on any atom is -0.478 e. The molecule has 0 unspecified atom stereocenters. The highest BCUT2D eigenvalue weighted by atomic mass is 16.4. The molecule has 5 heteroatoms. The Bertz CT molecular complexity index is 613. The first-order valence-corrected chi connectivity index (χ1v) is 7.33. The van der Waals surface area contributed by atoms with Crippen LogP contribution in [-0.2, 0) is 0 Å². The Hall–Kier alpha value is -1.91. The maximum atomic E-state index is 11.2. The molecule has 5 nitrogen and oxygen atoms in total. The van der Waals surface area contributed by atoms with Crippen LogP contribution < -0.4 is 0 Å². The van der Waals surface area contributed by atoms with E-state index in [1.807, 2.05) is 0 Å². The van der Waals surface area contributed by atoms with Crippen molar-refractivity contribution >= 4 is 17.1 Å². The summed E-state index contributed by atoms with van der Waals surface area (Å²) in [5, 5.41) is 9.21. The third-order valence-corrected chi connectivity index (χ3v) is 4.13. The average molecular weight is 273 g/mol. The van der Waals surface area contributed by atoms with Gasteiger partial charge in [-0.2, -0.15) is 0 Å². The Labute approximate surface area is 117 Å². The molecular weight excluding hydrogens is 254 g/mol. The summed E-state index contributed by atoms with van der Waals surface area (Å²) in [6.45, 7) is 0. The number of fused-ring (bicyclic) bond motifs is 1. The van der Waals surface area contributed by atoms with E-state index in [0.717, 1.165) is 18.7 Å². The SMILES string of the molecule is O=C(O)c1ccnc2nc(C3CCCCCCC3)[nH]c12. The zero-order valence-electron chi connectivity index (χ0n) is 11.4. The van der Waals surface area contributed by atoms with Crippen molar-refractivity contribution in [3.05, 3.63) is 23.7 Å². The smallest absolute Gasteiger partial charge is 0.338 e. The van der Waals surface area contributed by atoms with Crippen LogP contribution in [0.4, 0.5) is 0 Å². The number of imidazole rings is 1. The fourth-order valence-electron chi connectivity index (χ4n) is 3.03. The van der Waals surface area contributed by atoms with Gasteiger partial charge < -0.3 is 10.1 Å². The number of nitrogens with zero attached hydrogens (tertiary/aromatic N) is 2. The van der Waals surface area contributed by atoms with Crippen molar-refractivity contribution < 1.29 is 9.90 Å². The van der Waals surface area contributed by atoms with Crippen molar-refractivity contribution in [1.82, 2.24) is 15.0 Å². The van der Waals surface area contributed by atoms with Crippen LogP contribution >= 0.6 is 0 Å². The summed E-state index contributed by atoms with van der Waals surface area (Å²) in [4.78, 5) is 23.1. The van der Waals surface area contributed by atoms with Crippen LogP contribution in [0, 0.1) is 0 Å². The van der Waals surface area contributed by atoms with Crippen LogP contribution in [0.25, 0.3) is 11.2 Å². The fraction of sp³-hybridized carbons (Fsp3) is 0.533. The predicted octanol–water partition coefficient (Wildman–Crippen LogP) is 3.48. The van der Waals surface area contributed by atoms with Crippen molar-refractivity contribution in [3.8, 4) is 0 Å². The van der Waals surface area contributed by atoms with Gasteiger partial charge in [0.15, 0.2) is 5.65 Å². The van der Waals surface area contributed by atoms with E-state index in [9.17, 15) is 9.90 Å². The average Bonchev–Trinajstić information content (AvgIpc) is 2.81. The second-order valence-electron chi connectivity index (χ2n) is 5.53. The largest absolute Gasteiger partial charge is 0.478 e. The second-order valence-corrected chi connectivity index (χ2v) is 5.53. The molecule has 2 aromatic rings. The van der Waals surface area contributed by atoms with Crippen LogP contribution in [0.5, 0.6) is 0 Å². The van der Waals surface area contributed by atoms with E-state index in [1.54, 1.807) is 0 Å². The van der Waals surface area contributed by atoms with Crippen LogP contribution in [0.1, 0.15) is 67.0 Å². The van der Waals surface area contributed by atoms with Crippen LogP contribution in [0.15, 0.2) is 12.3 Å². The number of nitrogens with one attached hydrogen (secondary N) is 1. The molecule has 0 aromatic carbocycles. The lowest BCUT2D eigenvalue weighted by molar-refractivity contribution is 0.0698. The third-order valence-electron chi connectivity index (χ3n) is 4.13. The van der Waals surface area contributed by atoms with Crippen LogP contribution in [0.2, 0.25) is 0 Å². The quantitative estimate of drug-likeness (QED) is 0.878. The third kappa shape index (κ3) is 2.53. The van der Waals surface area contributed by atoms with E-state index in [0.29, 0.717) is 17.1 Å². The van der Waals surface area contributed by atoms with Crippen LogP contribution in [-0.4, -0.2) is 26.0 Å². The Kier molecular flexibility index (Phi) is 3.67. The number of rotatable bonds is 2. The summed E-state index contributed by atoms with van der Waals surface area (Å²) in [6.07, 6.45) is 10.1. The standard InChI is InChI=1S/C15H19N3O2/c19-15(20)11-8-9-16-14-12(11)17-13(18-14)10-6-4-2-1-3-5-7-10/h8-10H,1-7H2,(H,19,20)(H,16,17,18). The number of aromatic carboxylic acids is 1. The number of pyridine rings is 1. The molecule has 1 aliphatic rings. The first kappa shape index (κ1) is 13.1. The van der Waals surface area contributed by atoms with Crippen molar-refractivity contribution in [1.29, 1.82) is 0 Å². The van der Waals surface area contributed by atoms with Crippen molar-refractivity contribution in [2.45, 2.75) is 50.9 Å². The van der Waals surface area contributed by atoms with E-state index in [2.05, 4.69) is 15.0 Å². The zero-order chi connectivity index (χ0) is 13.9. The first-order valence-electron chi connectivity index (χ1n) is 7.33. The Morgan fingerprint density at radius 3 is 2.60 bits per heavy atom. The fourth-order valence-corrected chi connectivity index (χ4v) is 3.03. The molecule has 0 amide bonds. The van der Waals surface area contributed by atoms with E-state index in [-0.39, 0.29) is 5.56 Å². The lowest BCUT2D eigenvalue weighted by Crippen LogP contribution is -2.04. The van der Waals surface area contributed by atoms with Gasteiger partial charge in [-0.3, -0.25) is 0 Å². The van der Waals surface area contributed by atoms with E-state index in [1.165, 1.54) is 44.4 Å². The highest BCUT2D eigenvalue weighted by Gasteiger charge is 2.19. The molecule has 1 saturated carbocycles. The molecule has 1 aliphatic carbocycles. The molecule has 0 atom stereocenters. The maximum Gasteiger partial charge on any atom is 0.338 e. The molecule has 0 bridgehead atoms. The van der Waals surface area contributed by atoms with Gasteiger partial charge in [0.25, 0.3) is 0 Å². The normalized spacial score (nSPS) is 17.8. The Morgan fingerprint density at radius 2 is 1.90 bits per heavy atom. The molecule has 0 spiro atoms. The highest BCUT2D eigenvalue weighted by molar-refractivity contribution is 5.99. The van der Waals surface area contributed by atoms with Crippen molar-refractivity contribution in [3.63, 3.8) is 0 Å². The number of carboxylic acid groups (broad SMARTS) is 1. The Balaban J connectivity index is 1.95. The molecule has 2 N–H and O–H groups in total. The summed E-state index contributed by atoms with van der Waals surface area (Å²) in [6, 6.07) is 1.52. The molecule has 2 aromatic heterocycles. The van der Waals surface area contributed by atoms with Gasteiger partial charge in [0.2, 0.25) is 0 Å².